The molecule has 0 aliphatic rings. The number of aliphatic carboxylic acids is 1. The molecule has 0 fully saturated rings. The van der Waals surface area contributed by atoms with E-state index in [1.807, 2.05) is 54.6 Å². The zero-order valence-electron chi connectivity index (χ0n) is 12.8. The maximum atomic E-state index is 11.1. The molecule has 2 aromatic carbocycles. The molecule has 3 nitrogen and oxygen atoms in total. The van der Waals surface area contributed by atoms with E-state index in [-0.39, 0.29) is 11.3 Å². The maximum Gasteiger partial charge on any atom is 0.331 e. The molecule has 0 radical (unpaired) electrons. The van der Waals surface area contributed by atoms with E-state index in [0.717, 1.165) is 5.56 Å². The third-order valence-electron chi connectivity index (χ3n) is 3.28. The molecular weight excluding hydrogens is 288 g/mol. The topological polar surface area (TPSA) is 57.5 Å². The SMILES string of the molecule is CC(=CC(C=Cc1ccccc1)=C(O)c1ccccc1)C(=O)O. The van der Waals surface area contributed by atoms with Crippen molar-refractivity contribution in [3.05, 3.63) is 95.1 Å². The van der Waals surface area contributed by atoms with E-state index in [0.29, 0.717) is 11.1 Å². The van der Waals surface area contributed by atoms with Gasteiger partial charge in [-0.15, -0.1) is 0 Å². The van der Waals surface area contributed by atoms with Crippen LogP contribution in [-0.2, 0) is 4.79 Å². The van der Waals surface area contributed by atoms with Crippen molar-refractivity contribution < 1.29 is 15.0 Å². The first-order chi connectivity index (χ1) is 11.1. The Balaban J connectivity index is 2.46. The van der Waals surface area contributed by atoms with E-state index in [1.54, 1.807) is 18.2 Å². The lowest BCUT2D eigenvalue weighted by Crippen LogP contribution is -1.97. The highest BCUT2D eigenvalue weighted by atomic mass is 16.4. The van der Waals surface area contributed by atoms with Crippen molar-refractivity contribution in [2.75, 3.05) is 0 Å². The highest BCUT2D eigenvalue weighted by Crippen LogP contribution is 2.20. The Labute approximate surface area is 135 Å². The third kappa shape index (κ3) is 4.71. The summed E-state index contributed by atoms with van der Waals surface area (Å²) >= 11 is 0. The fraction of sp³-hybridized carbons (Fsp3) is 0.0500. The van der Waals surface area contributed by atoms with Gasteiger partial charge in [-0.2, -0.15) is 0 Å². The van der Waals surface area contributed by atoms with Gasteiger partial charge in [0.25, 0.3) is 0 Å². The van der Waals surface area contributed by atoms with Gasteiger partial charge in [0.1, 0.15) is 5.76 Å². The van der Waals surface area contributed by atoms with Gasteiger partial charge in [0, 0.05) is 16.7 Å². The Morgan fingerprint density at radius 2 is 1.48 bits per heavy atom. The second kappa shape index (κ2) is 7.80. The van der Waals surface area contributed by atoms with Gasteiger partial charge in [-0.25, -0.2) is 4.79 Å². The van der Waals surface area contributed by atoms with Crippen LogP contribution in [0, 0.1) is 0 Å². The van der Waals surface area contributed by atoms with Gasteiger partial charge in [-0.1, -0.05) is 72.8 Å². The second-order valence-corrected chi connectivity index (χ2v) is 5.05. The highest BCUT2D eigenvalue weighted by molar-refractivity contribution is 5.87. The zero-order chi connectivity index (χ0) is 16.7. The molecule has 0 aliphatic carbocycles. The molecule has 0 spiro atoms. The number of rotatable bonds is 5. The summed E-state index contributed by atoms with van der Waals surface area (Å²) in [6.45, 7) is 1.50. The van der Waals surface area contributed by atoms with Crippen molar-refractivity contribution in [2.24, 2.45) is 0 Å². The van der Waals surface area contributed by atoms with Crippen LogP contribution in [0.3, 0.4) is 0 Å². The van der Waals surface area contributed by atoms with Gasteiger partial charge >= 0.3 is 5.97 Å². The summed E-state index contributed by atoms with van der Waals surface area (Å²) in [7, 11) is 0. The average molecular weight is 306 g/mol. The lowest BCUT2D eigenvalue weighted by Gasteiger charge is -2.05. The predicted molar refractivity (Wildman–Crippen MR) is 92.9 cm³/mol. The van der Waals surface area contributed by atoms with Crippen LogP contribution in [0.1, 0.15) is 18.1 Å². The molecule has 3 heteroatoms. The van der Waals surface area contributed by atoms with Crippen molar-refractivity contribution in [3.63, 3.8) is 0 Å². The molecule has 2 N–H and O–H groups in total. The first-order valence-corrected chi connectivity index (χ1v) is 7.21. The minimum absolute atomic E-state index is 0.0402. The Morgan fingerprint density at radius 1 is 0.913 bits per heavy atom. The van der Waals surface area contributed by atoms with Crippen LogP contribution < -0.4 is 0 Å². The van der Waals surface area contributed by atoms with E-state index in [2.05, 4.69) is 0 Å². The molecular formula is C20H18O3. The first kappa shape index (κ1) is 16.3. The normalized spacial score (nSPS) is 13.0. The molecule has 0 atom stereocenters. The Hall–Kier alpha value is -3.07. The zero-order valence-corrected chi connectivity index (χ0v) is 12.8. The monoisotopic (exact) mass is 306 g/mol. The van der Waals surface area contributed by atoms with E-state index < -0.39 is 5.97 Å². The van der Waals surface area contributed by atoms with Gasteiger partial charge in [0.2, 0.25) is 0 Å². The van der Waals surface area contributed by atoms with Gasteiger partial charge in [0.05, 0.1) is 0 Å². The number of carboxylic acid groups (broad SMARTS) is 1. The minimum Gasteiger partial charge on any atom is -0.507 e. The number of allylic oxidation sites excluding steroid dienone is 3. The Morgan fingerprint density at radius 3 is 2.04 bits per heavy atom. The fourth-order valence-electron chi connectivity index (χ4n) is 2.00. The van der Waals surface area contributed by atoms with Crippen LogP contribution in [0.4, 0.5) is 0 Å². The summed E-state index contributed by atoms with van der Waals surface area (Å²) < 4.78 is 0. The lowest BCUT2D eigenvalue weighted by molar-refractivity contribution is -0.132. The van der Waals surface area contributed by atoms with E-state index in [1.165, 1.54) is 13.0 Å². The highest BCUT2D eigenvalue weighted by Gasteiger charge is 2.07. The van der Waals surface area contributed by atoms with E-state index in [4.69, 9.17) is 5.11 Å². The smallest absolute Gasteiger partial charge is 0.331 e. The van der Waals surface area contributed by atoms with Crippen molar-refractivity contribution in [2.45, 2.75) is 6.92 Å². The van der Waals surface area contributed by atoms with Crippen LogP contribution in [0.5, 0.6) is 0 Å². The number of carbonyl (C=O) groups is 1. The van der Waals surface area contributed by atoms with Crippen LogP contribution in [0.2, 0.25) is 0 Å². The fourth-order valence-corrected chi connectivity index (χ4v) is 2.00. The largest absolute Gasteiger partial charge is 0.507 e. The Kier molecular flexibility index (Phi) is 5.53. The molecule has 0 bridgehead atoms. The van der Waals surface area contributed by atoms with Crippen LogP contribution in [0.25, 0.3) is 11.8 Å². The number of carboxylic acids is 1. The Bertz CT molecular complexity index is 754. The van der Waals surface area contributed by atoms with Crippen LogP contribution in [0.15, 0.2) is 84.0 Å². The second-order valence-electron chi connectivity index (χ2n) is 5.05. The summed E-state index contributed by atoms with van der Waals surface area (Å²) in [5, 5.41) is 19.6. The van der Waals surface area contributed by atoms with Crippen LogP contribution in [-0.4, -0.2) is 16.2 Å². The van der Waals surface area contributed by atoms with Gasteiger partial charge in [-0.3, -0.25) is 0 Å². The molecule has 116 valence electrons. The molecule has 0 unspecified atom stereocenters. The third-order valence-corrected chi connectivity index (χ3v) is 3.28. The summed E-state index contributed by atoms with van der Waals surface area (Å²) in [6.07, 6.45) is 5.01. The summed E-state index contributed by atoms with van der Waals surface area (Å²) in [5.41, 5.74) is 2.20. The standard InChI is InChI=1S/C20H18O3/c1-15(20(22)23)14-18(13-12-16-8-4-2-5-9-16)19(21)17-10-6-3-7-11-17/h2-14,21H,1H3,(H,22,23). The van der Waals surface area contributed by atoms with E-state index in [9.17, 15) is 9.90 Å². The minimum atomic E-state index is -1.02. The summed E-state index contributed by atoms with van der Waals surface area (Å²) in [4.78, 5) is 11.1. The summed E-state index contributed by atoms with van der Waals surface area (Å²) in [5.74, 6) is -0.977. The quantitative estimate of drug-likeness (QED) is 0.478. The molecule has 2 rings (SSSR count). The van der Waals surface area contributed by atoms with Gasteiger partial charge in [0.15, 0.2) is 0 Å². The molecule has 0 heterocycles. The van der Waals surface area contributed by atoms with Crippen LogP contribution >= 0.6 is 0 Å². The number of aliphatic hydroxyl groups is 1. The molecule has 0 aliphatic heterocycles. The van der Waals surface area contributed by atoms with Gasteiger partial charge < -0.3 is 10.2 Å². The maximum absolute atomic E-state index is 11.1. The lowest BCUT2D eigenvalue weighted by atomic mass is 10.0. The van der Waals surface area contributed by atoms with Crippen molar-refractivity contribution >= 4 is 17.8 Å². The first-order valence-electron chi connectivity index (χ1n) is 7.21. The number of hydrogen-bond acceptors (Lipinski definition) is 2. The molecule has 0 saturated carbocycles. The van der Waals surface area contributed by atoms with Crippen molar-refractivity contribution in [1.29, 1.82) is 0 Å². The predicted octanol–water partition coefficient (Wildman–Crippen LogP) is 4.70. The number of hydrogen-bond donors (Lipinski definition) is 2. The molecule has 23 heavy (non-hydrogen) atoms. The average Bonchev–Trinajstić information content (AvgIpc) is 2.59. The van der Waals surface area contributed by atoms with Gasteiger partial charge in [-0.05, 0) is 18.6 Å². The summed E-state index contributed by atoms with van der Waals surface area (Å²) in [6, 6.07) is 18.7. The number of benzene rings is 2. The molecule has 0 amide bonds. The molecule has 0 aromatic heterocycles. The van der Waals surface area contributed by atoms with E-state index >= 15 is 0 Å². The molecule has 2 aromatic rings. The number of aliphatic hydroxyl groups excluding tert-OH is 1. The van der Waals surface area contributed by atoms with Crippen molar-refractivity contribution in [1.82, 2.24) is 0 Å². The molecule has 0 saturated heterocycles. The van der Waals surface area contributed by atoms with Crippen molar-refractivity contribution in [3.8, 4) is 0 Å².